The van der Waals surface area contributed by atoms with E-state index in [1.54, 1.807) is 35.8 Å². The molecule has 10 nitrogen and oxygen atoms in total. The van der Waals surface area contributed by atoms with Gasteiger partial charge in [-0.05, 0) is 61.9 Å². The number of nitrogens with two attached hydrogens (primary N) is 1. The van der Waals surface area contributed by atoms with Gasteiger partial charge in [0.25, 0.3) is 5.91 Å². The Hall–Kier alpha value is -5.72. The monoisotopic (exact) mass is 583 g/mol. The van der Waals surface area contributed by atoms with E-state index in [1.165, 1.54) is 35.4 Å². The van der Waals surface area contributed by atoms with E-state index < -0.39 is 17.6 Å². The Morgan fingerprint density at radius 2 is 1.77 bits per heavy atom. The molecular formula is C30H24F3N9O. The topological polar surface area (TPSA) is 129 Å². The van der Waals surface area contributed by atoms with Crippen molar-refractivity contribution in [2.45, 2.75) is 20.0 Å². The van der Waals surface area contributed by atoms with Crippen molar-refractivity contribution in [3.63, 3.8) is 0 Å². The summed E-state index contributed by atoms with van der Waals surface area (Å²) in [6.45, 7) is 3.46. The highest BCUT2D eigenvalue weighted by molar-refractivity contribution is 6.05. The van der Waals surface area contributed by atoms with Gasteiger partial charge in [0.2, 0.25) is 5.95 Å². The molecule has 3 aromatic heterocycles. The van der Waals surface area contributed by atoms with Crippen molar-refractivity contribution in [3.05, 3.63) is 108 Å². The fourth-order valence-corrected chi connectivity index (χ4v) is 4.73. The lowest BCUT2D eigenvalue weighted by molar-refractivity contribution is -0.137. The molecule has 0 unspecified atom stereocenters. The lowest BCUT2D eigenvalue weighted by Gasteiger charge is -2.17. The summed E-state index contributed by atoms with van der Waals surface area (Å²) in [5.41, 5.74) is 7.98. The van der Waals surface area contributed by atoms with Crippen molar-refractivity contribution >= 4 is 40.1 Å². The summed E-state index contributed by atoms with van der Waals surface area (Å²) >= 11 is 0. The van der Waals surface area contributed by atoms with Crippen LogP contribution in [0.2, 0.25) is 0 Å². The van der Waals surface area contributed by atoms with Crippen molar-refractivity contribution in [1.82, 2.24) is 29.1 Å². The number of rotatable bonds is 6. The molecule has 0 spiro atoms. The quantitative estimate of drug-likeness (QED) is 0.213. The number of hydrogen-bond donors (Lipinski definition) is 3. The third-order valence-corrected chi connectivity index (χ3v) is 6.86. The van der Waals surface area contributed by atoms with E-state index >= 15 is 0 Å². The van der Waals surface area contributed by atoms with Gasteiger partial charge in [0.1, 0.15) is 23.8 Å². The van der Waals surface area contributed by atoms with Crippen LogP contribution in [0.25, 0.3) is 22.5 Å². The van der Waals surface area contributed by atoms with Gasteiger partial charge in [-0.2, -0.15) is 13.2 Å². The van der Waals surface area contributed by atoms with Crippen LogP contribution in [0.4, 0.5) is 36.3 Å². The molecule has 0 fully saturated rings. The van der Waals surface area contributed by atoms with Gasteiger partial charge in [0.05, 0.1) is 22.3 Å². The van der Waals surface area contributed by atoms with Crippen molar-refractivity contribution in [2.75, 3.05) is 16.4 Å². The standard InChI is InChI=1S/C30H24F3N9O/c1-17-7-8-19(28(43)38-20-9-10-24(21(14-20)30(31,32)33)41-12-11-35-18(41)2)13-23(17)40-29-39-22-5-3-4-6-25(22)42(29)27-15-26(34)36-16-37-27/h3-16H,1-2H3,(H,38,43)(H,39,40)(H2,34,36,37). The van der Waals surface area contributed by atoms with Gasteiger partial charge in [-0.25, -0.2) is 19.9 Å². The number of fused-ring (bicyclic) bond motifs is 1. The van der Waals surface area contributed by atoms with E-state index in [4.69, 9.17) is 10.7 Å². The Morgan fingerprint density at radius 1 is 0.953 bits per heavy atom. The molecule has 6 rings (SSSR count). The fraction of sp³-hybridized carbons (Fsp3) is 0.100. The van der Waals surface area contributed by atoms with E-state index in [2.05, 4.69) is 25.6 Å². The normalized spacial score (nSPS) is 11.6. The number of carbonyl (C=O) groups is 1. The van der Waals surface area contributed by atoms with Crippen LogP contribution in [-0.2, 0) is 6.18 Å². The molecule has 13 heteroatoms. The van der Waals surface area contributed by atoms with Crippen molar-refractivity contribution < 1.29 is 18.0 Å². The van der Waals surface area contributed by atoms with Gasteiger partial charge in [-0.15, -0.1) is 0 Å². The molecule has 0 saturated carbocycles. The third-order valence-electron chi connectivity index (χ3n) is 6.86. The maximum absolute atomic E-state index is 14.0. The Bertz CT molecular complexity index is 2000. The minimum Gasteiger partial charge on any atom is -0.384 e. The van der Waals surface area contributed by atoms with Crippen molar-refractivity contribution in [2.24, 2.45) is 0 Å². The molecule has 0 aliphatic rings. The molecule has 0 aliphatic carbocycles. The number of amides is 1. The first-order valence-electron chi connectivity index (χ1n) is 13.0. The number of anilines is 4. The fourth-order valence-electron chi connectivity index (χ4n) is 4.73. The molecule has 0 saturated heterocycles. The molecule has 4 N–H and O–H groups in total. The largest absolute Gasteiger partial charge is 0.418 e. The van der Waals surface area contributed by atoms with E-state index in [-0.39, 0.29) is 22.8 Å². The van der Waals surface area contributed by atoms with Crippen LogP contribution in [0.15, 0.2) is 85.5 Å². The first-order chi connectivity index (χ1) is 20.6. The molecule has 1 amide bonds. The number of nitrogen functional groups attached to an aromatic ring is 1. The van der Waals surface area contributed by atoms with Crippen LogP contribution in [0.1, 0.15) is 27.3 Å². The van der Waals surface area contributed by atoms with Gasteiger partial charge in [-0.1, -0.05) is 18.2 Å². The Kier molecular flexibility index (Phi) is 6.76. The van der Waals surface area contributed by atoms with Crippen LogP contribution < -0.4 is 16.4 Å². The van der Waals surface area contributed by atoms with Gasteiger partial charge in [0.15, 0.2) is 0 Å². The first kappa shape index (κ1) is 27.4. The van der Waals surface area contributed by atoms with Crippen molar-refractivity contribution in [3.8, 4) is 11.5 Å². The van der Waals surface area contributed by atoms with Gasteiger partial charge >= 0.3 is 6.18 Å². The first-order valence-corrected chi connectivity index (χ1v) is 13.0. The van der Waals surface area contributed by atoms with Crippen LogP contribution in [0.5, 0.6) is 0 Å². The summed E-state index contributed by atoms with van der Waals surface area (Å²) in [5.74, 6) is 1.01. The summed E-state index contributed by atoms with van der Waals surface area (Å²) < 4.78 is 45.1. The van der Waals surface area contributed by atoms with E-state index in [0.29, 0.717) is 28.8 Å². The van der Waals surface area contributed by atoms with E-state index in [9.17, 15) is 18.0 Å². The second-order valence-corrected chi connectivity index (χ2v) is 9.74. The molecule has 3 aromatic carbocycles. The van der Waals surface area contributed by atoms with Crippen LogP contribution >= 0.6 is 0 Å². The molecule has 3 heterocycles. The number of aromatic nitrogens is 6. The molecule has 0 aliphatic heterocycles. The highest BCUT2D eigenvalue weighted by Crippen LogP contribution is 2.36. The number of nitrogens with one attached hydrogen (secondary N) is 2. The summed E-state index contributed by atoms with van der Waals surface area (Å²) in [6, 6.07) is 17.7. The maximum atomic E-state index is 14.0. The van der Waals surface area contributed by atoms with E-state index in [1.807, 2.05) is 31.2 Å². The molecule has 43 heavy (non-hydrogen) atoms. The second kappa shape index (κ2) is 10.6. The van der Waals surface area contributed by atoms with Crippen LogP contribution in [-0.4, -0.2) is 35.0 Å². The molecule has 216 valence electrons. The Balaban J connectivity index is 1.32. The third kappa shape index (κ3) is 5.35. The van der Waals surface area contributed by atoms with Crippen LogP contribution in [0, 0.1) is 13.8 Å². The number of nitrogens with zero attached hydrogens (tertiary/aromatic N) is 6. The summed E-state index contributed by atoms with van der Waals surface area (Å²) in [6.07, 6.45) is -0.431. The van der Waals surface area contributed by atoms with Gasteiger partial charge in [-0.3, -0.25) is 9.36 Å². The predicted octanol–water partition coefficient (Wildman–Crippen LogP) is 6.21. The molecular weight excluding hydrogens is 559 g/mol. The zero-order valence-corrected chi connectivity index (χ0v) is 22.9. The van der Waals surface area contributed by atoms with E-state index in [0.717, 1.165) is 17.1 Å². The summed E-state index contributed by atoms with van der Waals surface area (Å²) in [5, 5.41) is 5.87. The number of imidazole rings is 2. The molecule has 0 bridgehead atoms. The highest BCUT2D eigenvalue weighted by Gasteiger charge is 2.34. The number of halogens is 3. The Morgan fingerprint density at radius 3 is 2.51 bits per heavy atom. The minimum absolute atomic E-state index is 0.00271. The number of benzene rings is 3. The van der Waals surface area contributed by atoms with Crippen molar-refractivity contribution in [1.29, 1.82) is 0 Å². The highest BCUT2D eigenvalue weighted by atomic mass is 19.4. The number of para-hydroxylation sites is 2. The lowest BCUT2D eigenvalue weighted by Crippen LogP contribution is -2.15. The van der Waals surface area contributed by atoms with Gasteiger partial charge in [0, 0.05) is 35.4 Å². The zero-order valence-electron chi connectivity index (χ0n) is 22.9. The minimum atomic E-state index is -4.66. The molecule has 6 aromatic rings. The molecule has 0 radical (unpaired) electrons. The Labute approximate surface area is 243 Å². The summed E-state index contributed by atoms with van der Waals surface area (Å²) in [7, 11) is 0. The SMILES string of the molecule is Cc1ccc(C(=O)Nc2ccc(-n3ccnc3C)c(C(F)(F)F)c2)cc1Nc1nc2ccccc2n1-c1cc(N)ncn1. The summed E-state index contributed by atoms with van der Waals surface area (Å²) in [4.78, 5) is 30.3. The number of aryl methyl sites for hydroxylation is 2. The zero-order chi connectivity index (χ0) is 30.3. The average molecular weight is 584 g/mol. The predicted molar refractivity (Wildman–Crippen MR) is 157 cm³/mol. The lowest BCUT2D eigenvalue weighted by atomic mass is 10.1. The number of hydrogen-bond acceptors (Lipinski definition) is 7. The second-order valence-electron chi connectivity index (χ2n) is 9.74. The number of carbonyl (C=O) groups excluding carboxylic acids is 1. The van der Waals surface area contributed by atoms with Gasteiger partial charge < -0.3 is 20.9 Å². The maximum Gasteiger partial charge on any atom is 0.418 e. The number of alkyl halides is 3. The van der Waals surface area contributed by atoms with Crippen LogP contribution in [0.3, 0.4) is 0 Å². The molecule has 0 atom stereocenters. The average Bonchev–Trinajstić information content (AvgIpc) is 3.56. The smallest absolute Gasteiger partial charge is 0.384 e.